The molecular weight excluding hydrogens is 351 g/mol. The van der Waals surface area contributed by atoms with Gasteiger partial charge in [-0.25, -0.2) is 4.99 Å². The van der Waals surface area contributed by atoms with E-state index in [0.29, 0.717) is 15.6 Å². The van der Waals surface area contributed by atoms with Crippen LogP contribution in [0.1, 0.15) is 18.4 Å². The molecule has 1 aromatic rings. The molecule has 0 amide bonds. The zero-order valence-corrected chi connectivity index (χ0v) is 14.1. The largest absolute Gasteiger partial charge is 0.386 e. The summed E-state index contributed by atoms with van der Waals surface area (Å²) >= 11 is 12.6. The number of fused-ring (bicyclic) bond motifs is 2. The Morgan fingerprint density at radius 2 is 1.96 bits per heavy atom. The number of nitrogens with zero attached hydrogens (tertiary/aromatic N) is 3. The zero-order valence-electron chi connectivity index (χ0n) is 12.6. The SMILES string of the molecule is C[C@H]1CO[C@]2(N=C(N)[C@@]3(C#N)[C@@H](c4c(Cl)cccc4Cl)[C@@]23C#N)O1. The lowest BCUT2D eigenvalue weighted by Crippen LogP contribution is -2.39. The summed E-state index contributed by atoms with van der Waals surface area (Å²) < 4.78 is 11.6. The van der Waals surface area contributed by atoms with Crippen molar-refractivity contribution in [3.8, 4) is 12.1 Å². The second-order valence-electron chi connectivity index (χ2n) is 6.23. The fourth-order valence-corrected chi connectivity index (χ4v) is 4.70. The average Bonchev–Trinajstić information content (AvgIpc) is 2.89. The van der Waals surface area contributed by atoms with E-state index in [1.54, 1.807) is 25.1 Å². The van der Waals surface area contributed by atoms with Crippen LogP contribution in [0.3, 0.4) is 0 Å². The second-order valence-corrected chi connectivity index (χ2v) is 7.04. The zero-order chi connectivity index (χ0) is 17.3. The molecular formula is C16H12Cl2N4O2. The molecule has 3 aliphatic rings. The van der Waals surface area contributed by atoms with Gasteiger partial charge in [0.15, 0.2) is 5.41 Å². The minimum atomic E-state index is -1.60. The molecule has 1 spiro atoms. The van der Waals surface area contributed by atoms with Gasteiger partial charge in [0.25, 0.3) is 5.91 Å². The van der Waals surface area contributed by atoms with Gasteiger partial charge in [0.1, 0.15) is 11.3 Å². The van der Waals surface area contributed by atoms with E-state index in [4.69, 9.17) is 38.4 Å². The lowest BCUT2D eigenvalue weighted by Gasteiger charge is -2.26. The molecule has 1 saturated carbocycles. The smallest absolute Gasteiger partial charge is 0.293 e. The quantitative estimate of drug-likeness (QED) is 0.826. The summed E-state index contributed by atoms with van der Waals surface area (Å²) in [6.07, 6.45) is -0.274. The maximum atomic E-state index is 10.0. The predicted octanol–water partition coefficient (Wildman–Crippen LogP) is 2.57. The first-order valence-electron chi connectivity index (χ1n) is 7.34. The molecule has 1 aromatic carbocycles. The van der Waals surface area contributed by atoms with Crippen LogP contribution in [0.4, 0.5) is 0 Å². The molecule has 1 saturated heterocycles. The fourth-order valence-electron chi connectivity index (χ4n) is 4.08. The molecule has 2 fully saturated rings. The van der Waals surface area contributed by atoms with E-state index in [1.165, 1.54) is 0 Å². The minimum Gasteiger partial charge on any atom is -0.386 e. The molecule has 0 radical (unpaired) electrons. The van der Waals surface area contributed by atoms with E-state index in [9.17, 15) is 10.5 Å². The maximum Gasteiger partial charge on any atom is 0.293 e. The highest BCUT2D eigenvalue weighted by atomic mass is 35.5. The number of amidine groups is 1. The number of hydrogen-bond acceptors (Lipinski definition) is 6. The predicted molar refractivity (Wildman–Crippen MR) is 86.1 cm³/mol. The van der Waals surface area contributed by atoms with Crippen LogP contribution in [0.5, 0.6) is 0 Å². The van der Waals surface area contributed by atoms with Crippen LogP contribution in [0, 0.1) is 33.5 Å². The summed E-state index contributed by atoms with van der Waals surface area (Å²) in [6, 6.07) is 9.39. The summed E-state index contributed by atoms with van der Waals surface area (Å²) in [5.74, 6) is -2.26. The lowest BCUT2D eigenvalue weighted by molar-refractivity contribution is -0.193. The molecule has 0 unspecified atom stereocenters. The second kappa shape index (κ2) is 4.62. The molecule has 0 bridgehead atoms. The highest BCUT2D eigenvalue weighted by molar-refractivity contribution is 6.36. The van der Waals surface area contributed by atoms with Crippen molar-refractivity contribution in [2.24, 2.45) is 21.6 Å². The number of nitriles is 2. The minimum absolute atomic E-state index is 0.0154. The van der Waals surface area contributed by atoms with Crippen molar-refractivity contribution < 1.29 is 9.47 Å². The summed E-state index contributed by atoms with van der Waals surface area (Å²) in [7, 11) is 0. The van der Waals surface area contributed by atoms with E-state index in [0.717, 1.165) is 0 Å². The fraction of sp³-hybridized carbons (Fsp3) is 0.438. The molecule has 8 heteroatoms. The number of ether oxygens (including phenoxy) is 2. The standard InChI is InChI=1S/C16H12Cl2N4O2/c1-8-5-23-16(24-8)15(7-20)12(14(15,6-19)13(21)22-16)11-9(17)3-2-4-10(11)18/h2-4,8,12H,5H2,1H3,(H2,21,22)/t8-,12+,14+,15+,16-/m0/s1. The van der Waals surface area contributed by atoms with Gasteiger partial charge in [-0.05, 0) is 24.6 Å². The lowest BCUT2D eigenvalue weighted by atomic mass is 9.94. The molecule has 0 aromatic heterocycles. The normalized spacial score (nSPS) is 42.3. The maximum absolute atomic E-state index is 10.0. The Kier molecular flexibility index (Phi) is 3.02. The van der Waals surface area contributed by atoms with Crippen LogP contribution in [0.15, 0.2) is 23.2 Å². The van der Waals surface area contributed by atoms with Crippen molar-refractivity contribution in [1.82, 2.24) is 0 Å². The van der Waals surface area contributed by atoms with Gasteiger partial charge < -0.3 is 15.2 Å². The molecule has 6 nitrogen and oxygen atoms in total. The van der Waals surface area contributed by atoms with Crippen LogP contribution < -0.4 is 5.73 Å². The highest BCUT2D eigenvalue weighted by Crippen LogP contribution is 2.83. The van der Waals surface area contributed by atoms with Gasteiger partial charge in [-0.2, -0.15) is 10.5 Å². The number of benzene rings is 1. The highest BCUT2D eigenvalue weighted by Gasteiger charge is 2.94. The summed E-state index contributed by atoms with van der Waals surface area (Å²) in [5.41, 5.74) is 3.78. The number of nitrogens with two attached hydrogens (primary N) is 1. The van der Waals surface area contributed by atoms with E-state index in [-0.39, 0.29) is 18.5 Å². The van der Waals surface area contributed by atoms with E-state index in [2.05, 4.69) is 17.1 Å². The van der Waals surface area contributed by atoms with Crippen molar-refractivity contribution in [3.63, 3.8) is 0 Å². The molecule has 2 heterocycles. The van der Waals surface area contributed by atoms with Crippen LogP contribution in [-0.4, -0.2) is 24.5 Å². The topological polar surface area (TPSA) is 104 Å². The summed E-state index contributed by atoms with van der Waals surface area (Å²) in [4.78, 5) is 4.24. The van der Waals surface area contributed by atoms with Gasteiger partial charge in [-0.15, -0.1) is 0 Å². The molecule has 4 rings (SSSR count). The van der Waals surface area contributed by atoms with Crippen molar-refractivity contribution in [2.75, 3.05) is 6.61 Å². The molecule has 2 N–H and O–H groups in total. The summed E-state index contributed by atoms with van der Waals surface area (Å²) in [5, 5.41) is 20.7. The molecule has 122 valence electrons. The Hall–Kier alpha value is -1.83. The molecule has 24 heavy (non-hydrogen) atoms. The van der Waals surface area contributed by atoms with Gasteiger partial charge in [0, 0.05) is 16.0 Å². The third kappa shape index (κ3) is 1.42. The van der Waals surface area contributed by atoms with Crippen LogP contribution >= 0.6 is 23.2 Å². The van der Waals surface area contributed by atoms with Crippen molar-refractivity contribution in [1.29, 1.82) is 10.5 Å². The van der Waals surface area contributed by atoms with Crippen molar-refractivity contribution in [2.45, 2.75) is 24.9 Å². The number of halogens is 2. The third-order valence-electron chi connectivity index (χ3n) is 5.09. The van der Waals surface area contributed by atoms with Gasteiger partial charge in [0.05, 0.1) is 24.8 Å². The Balaban J connectivity index is 1.98. The Labute approximate surface area is 148 Å². The molecule has 2 aliphatic heterocycles. The van der Waals surface area contributed by atoms with Crippen LogP contribution in [0.2, 0.25) is 10.0 Å². The van der Waals surface area contributed by atoms with E-state index >= 15 is 0 Å². The molecule has 1 aliphatic carbocycles. The third-order valence-corrected chi connectivity index (χ3v) is 5.75. The first-order chi connectivity index (χ1) is 11.4. The Morgan fingerprint density at radius 3 is 2.46 bits per heavy atom. The molecule has 5 atom stereocenters. The van der Waals surface area contributed by atoms with E-state index < -0.39 is 22.7 Å². The number of rotatable bonds is 1. The van der Waals surface area contributed by atoms with Gasteiger partial charge >= 0.3 is 0 Å². The Bertz CT molecular complexity index is 856. The average molecular weight is 363 g/mol. The first-order valence-corrected chi connectivity index (χ1v) is 8.10. The first kappa shape index (κ1) is 15.7. The van der Waals surface area contributed by atoms with Gasteiger partial charge in [-0.3, -0.25) is 0 Å². The van der Waals surface area contributed by atoms with E-state index in [1.807, 2.05) is 0 Å². The number of hydrogen-bond donors (Lipinski definition) is 1. The van der Waals surface area contributed by atoms with Crippen molar-refractivity contribution >= 4 is 29.0 Å². The van der Waals surface area contributed by atoms with Crippen LogP contribution in [-0.2, 0) is 9.47 Å². The number of aliphatic imine (C=N–C) groups is 1. The van der Waals surface area contributed by atoms with Crippen LogP contribution in [0.25, 0.3) is 0 Å². The monoisotopic (exact) mass is 362 g/mol. The Morgan fingerprint density at radius 1 is 1.29 bits per heavy atom. The van der Waals surface area contributed by atoms with Crippen molar-refractivity contribution in [3.05, 3.63) is 33.8 Å². The summed E-state index contributed by atoms with van der Waals surface area (Å²) in [6.45, 7) is 2.06. The van der Waals surface area contributed by atoms with Gasteiger partial charge in [-0.1, -0.05) is 29.3 Å². The van der Waals surface area contributed by atoms with Gasteiger partial charge in [0.2, 0.25) is 0 Å².